The number of benzene rings is 2. The molecular formula is C14H17N3. The Morgan fingerprint density at radius 1 is 0.941 bits per heavy atom. The first-order chi connectivity index (χ1) is 8.29. The molecule has 0 fully saturated rings. The minimum atomic E-state index is 0.575. The topological polar surface area (TPSA) is 64.1 Å². The van der Waals surface area contributed by atoms with Gasteiger partial charge in [-0.3, -0.25) is 0 Å². The Bertz CT molecular complexity index is 477. The normalized spacial score (nSPS) is 10.2. The van der Waals surface area contributed by atoms with Crippen molar-refractivity contribution in [1.29, 1.82) is 0 Å². The Hall–Kier alpha value is -2.00. The quantitative estimate of drug-likeness (QED) is 0.702. The van der Waals surface area contributed by atoms with Gasteiger partial charge in [-0.25, -0.2) is 0 Å². The second-order valence-corrected chi connectivity index (χ2v) is 3.95. The van der Waals surface area contributed by atoms with Crippen LogP contribution in [0.1, 0.15) is 11.1 Å². The highest BCUT2D eigenvalue weighted by atomic mass is 14.9. The van der Waals surface area contributed by atoms with Crippen LogP contribution < -0.4 is 16.8 Å². The van der Waals surface area contributed by atoms with E-state index in [4.69, 9.17) is 11.5 Å². The summed E-state index contributed by atoms with van der Waals surface area (Å²) in [5.74, 6) is 0. The standard InChI is InChI=1S/C14H17N3/c15-9-11-5-7-13(8-6-11)17-10-12-3-1-2-4-14(12)16/h1-8,17H,9-10,15-16H2. The molecule has 3 nitrogen and oxygen atoms in total. The molecule has 2 aromatic carbocycles. The van der Waals surface area contributed by atoms with Crippen molar-refractivity contribution in [3.05, 3.63) is 59.7 Å². The molecule has 0 aliphatic heterocycles. The zero-order chi connectivity index (χ0) is 12.1. The van der Waals surface area contributed by atoms with E-state index in [-0.39, 0.29) is 0 Å². The number of rotatable bonds is 4. The lowest BCUT2D eigenvalue weighted by Crippen LogP contribution is -2.03. The molecule has 0 amide bonds. The second kappa shape index (κ2) is 5.37. The van der Waals surface area contributed by atoms with Gasteiger partial charge in [0.25, 0.3) is 0 Å². The Kier molecular flexibility index (Phi) is 3.62. The van der Waals surface area contributed by atoms with Gasteiger partial charge in [0.05, 0.1) is 0 Å². The molecule has 0 heterocycles. The number of anilines is 2. The average molecular weight is 227 g/mol. The first kappa shape index (κ1) is 11.5. The molecular weight excluding hydrogens is 210 g/mol. The predicted molar refractivity (Wildman–Crippen MR) is 72.5 cm³/mol. The molecule has 0 saturated heterocycles. The van der Waals surface area contributed by atoms with E-state index in [2.05, 4.69) is 5.32 Å². The van der Waals surface area contributed by atoms with Crippen molar-refractivity contribution >= 4 is 11.4 Å². The van der Waals surface area contributed by atoms with Crippen LogP contribution in [-0.2, 0) is 13.1 Å². The Balaban J connectivity index is 2.00. The van der Waals surface area contributed by atoms with Crippen molar-refractivity contribution in [2.24, 2.45) is 5.73 Å². The summed E-state index contributed by atoms with van der Waals surface area (Å²) in [6, 6.07) is 16.0. The van der Waals surface area contributed by atoms with Gasteiger partial charge < -0.3 is 16.8 Å². The average Bonchev–Trinajstić information content (AvgIpc) is 2.38. The van der Waals surface area contributed by atoms with Crippen LogP contribution in [0.5, 0.6) is 0 Å². The van der Waals surface area contributed by atoms with Crippen LogP contribution in [0, 0.1) is 0 Å². The fourth-order valence-electron chi connectivity index (χ4n) is 1.65. The summed E-state index contributed by atoms with van der Waals surface area (Å²) in [7, 11) is 0. The molecule has 0 radical (unpaired) electrons. The van der Waals surface area contributed by atoms with Crippen LogP contribution in [0.3, 0.4) is 0 Å². The van der Waals surface area contributed by atoms with Gasteiger partial charge in [0, 0.05) is 24.5 Å². The summed E-state index contributed by atoms with van der Waals surface area (Å²) in [6.45, 7) is 1.31. The summed E-state index contributed by atoms with van der Waals surface area (Å²) < 4.78 is 0. The van der Waals surface area contributed by atoms with Crippen molar-refractivity contribution in [3.63, 3.8) is 0 Å². The van der Waals surface area contributed by atoms with Crippen LogP contribution in [-0.4, -0.2) is 0 Å². The molecule has 88 valence electrons. The van der Waals surface area contributed by atoms with E-state index in [0.717, 1.165) is 29.0 Å². The number of hydrogen-bond donors (Lipinski definition) is 3. The maximum Gasteiger partial charge on any atom is 0.0421 e. The van der Waals surface area contributed by atoms with Crippen LogP contribution in [0.2, 0.25) is 0 Å². The Morgan fingerprint density at radius 3 is 2.29 bits per heavy atom. The predicted octanol–water partition coefficient (Wildman–Crippen LogP) is 2.34. The van der Waals surface area contributed by atoms with Gasteiger partial charge in [0.2, 0.25) is 0 Å². The van der Waals surface area contributed by atoms with Crippen LogP contribution in [0.15, 0.2) is 48.5 Å². The van der Waals surface area contributed by atoms with Crippen molar-refractivity contribution in [1.82, 2.24) is 0 Å². The molecule has 0 atom stereocenters. The summed E-state index contributed by atoms with van der Waals surface area (Å²) in [5.41, 5.74) is 15.6. The third kappa shape index (κ3) is 2.98. The zero-order valence-electron chi connectivity index (χ0n) is 9.69. The first-order valence-electron chi connectivity index (χ1n) is 5.66. The number of nitrogens with two attached hydrogens (primary N) is 2. The van der Waals surface area contributed by atoms with Gasteiger partial charge in [-0.1, -0.05) is 30.3 Å². The van der Waals surface area contributed by atoms with Gasteiger partial charge in [-0.2, -0.15) is 0 Å². The number of nitrogen functional groups attached to an aromatic ring is 1. The first-order valence-corrected chi connectivity index (χ1v) is 5.66. The fourth-order valence-corrected chi connectivity index (χ4v) is 1.65. The molecule has 0 bridgehead atoms. The van der Waals surface area contributed by atoms with Gasteiger partial charge in [-0.05, 0) is 29.3 Å². The highest BCUT2D eigenvalue weighted by Gasteiger charge is 1.97. The fraction of sp³-hybridized carbons (Fsp3) is 0.143. The lowest BCUT2D eigenvalue weighted by atomic mass is 10.1. The van der Waals surface area contributed by atoms with Gasteiger partial charge >= 0.3 is 0 Å². The molecule has 0 aliphatic carbocycles. The minimum Gasteiger partial charge on any atom is -0.398 e. The molecule has 2 aromatic rings. The molecule has 0 aliphatic rings. The smallest absolute Gasteiger partial charge is 0.0421 e. The largest absolute Gasteiger partial charge is 0.398 e. The lowest BCUT2D eigenvalue weighted by Gasteiger charge is -2.09. The minimum absolute atomic E-state index is 0.575. The van der Waals surface area contributed by atoms with Crippen LogP contribution in [0.4, 0.5) is 11.4 Å². The second-order valence-electron chi connectivity index (χ2n) is 3.95. The van der Waals surface area contributed by atoms with E-state index < -0.39 is 0 Å². The molecule has 3 heteroatoms. The molecule has 2 rings (SSSR count). The lowest BCUT2D eigenvalue weighted by molar-refractivity contribution is 1.07. The van der Waals surface area contributed by atoms with E-state index in [9.17, 15) is 0 Å². The van der Waals surface area contributed by atoms with Gasteiger partial charge in [0.15, 0.2) is 0 Å². The number of nitrogens with one attached hydrogen (secondary N) is 1. The maximum atomic E-state index is 5.87. The van der Waals surface area contributed by atoms with Crippen molar-refractivity contribution < 1.29 is 0 Å². The Morgan fingerprint density at radius 2 is 1.65 bits per heavy atom. The highest BCUT2D eigenvalue weighted by Crippen LogP contribution is 2.14. The zero-order valence-corrected chi connectivity index (χ0v) is 9.69. The third-order valence-corrected chi connectivity index (χ3v) is 2.73. The van der Waals surface area contributed by atoms with E-state index in [1.165, 1.54) is 0 Å². The maximum absolute atomic E-state index is 5.87. The SMILES string of the molecule is NCc1ccc(NCc2ccccc2N)cc1. The summed E-state index contributed by atoms with van der Waals surface area (Å²) >= 11 is 0. The Labute approximate surface area is 101 Å². The summed E-state index contributed by atoms with van der Waals surface area (Å²) in [6.07, 6.45) is 0. The third-order valence-electron chi connectivity index (χ3n) is 2.73. The molecule has 17 heavy (non-hydrogen) atoms. The summed E-state index contributed by atoms with van der Waals surface area (Å²) in [5, 5.41) is 3.33. The number of para-hydroxylation sites is 1. The van der Waals surface area contributed by atoms with E-state index >= 15 is 0 Å². The van der Waals surface area contributed by atoms with Gasteiger partial charge in [0.1, 0.15) is 0 Å². The monoisotopic (exact) mass is 227 g/mol. The summed E-state index contributed by atoms with van der Waals surface area (Å²) in [4.78, 5) is 0. The van der Waals surface area contributed by atoms with Gasteiger partial charge in [-0.15, -0.1) is 0 Å². The molecule has 0 saturated carbocycles. The highest BCUT2D eigenvalue weighted by molar-refractivity contribution is 5.50. The van der Waals surface area contributed by atoms with Crippen molar-refractivity contribution in [2.75, 3.05) is 11.1 Å². The van der Waals surface area contributed by atoms with Crippen molar-refractivity contribution in [2.45, 2.75) is 13.1 Å². The van der Waals surface area contributed by atoms with Crippen LogP contribution in [0.25, 0.3) is 0 Å². The molecule has 0 spiro atoms. The van der Waals surface area contributed by atoms with E-state index in [0.29, 0.717) is 6.54 Å². The molecule has 0 aromatic heterocycles. The van der Waals surface area contributed by atoms with E-state index in [1.807, 2.05) is 48.5 Å². The molecule has 0 unspecified atom stereocenters. The number of hydrogen-bond acceptors (Lipinski definition) is 3. The van der Waals surface area contributed by atoms with Crippen LogP contribution >= 0.6 is 0 Å². The van der Waals surface area contributed by atoms with E-state index in [1.54, 1.807) is 0 Å². The molecule has 5 N–H and O–H groups in total. The van der Waals surface area contributed by atoms with Crippen molar-refractivity contribution in [3.8, 4) is 0 Å².